The molecule has 1 amide bonds. The van der Waals surface area contributed by atoms with Crippen LogP contribution >= 0.6 is 0 Å². The fourth-order valence-corrected chi connectivity index (χ4v) is 3.03. The van der Waals surface area contributed by atoms with Crippen LogP contribution in [0.3, 0.4) is 0 Å². The van der Waals surface area contributed by atoms with E-state index >= 15 is 0 Å². The Kier molecular flexibility index (Phi) is 4.45. The predicted octanol–water partition coefficient (Wildman–Crippen LogP) is 3.65. The van der Waals surface area contributed by atoms with Crippen LogP contribution in [0.2, 0.25) is 0 Å². The van der Waals surface area contributed by atoms with Crippen molar-refractivity contribution in [3.63, 3.8) is 0 Å². The van der Waals surface area contributed by atoms with Gasteiger partial charge in [0.05, 0.1) is 11.1 Å². The van der Waals surface area contributed by atoms with Crippen LogP contribution in [-0.2, 0) is 0 Å². The van der Waals surface area contributed by atoms with Gasteiger partial charge < -0.3 is 5.32 Å². The zero-order valence-corrected chi connectivity index (χ0v) is 15.5. The zero-order valence-electron chi connectivity index (χ0n) is 15.5. The smallest absolute Gasteiger partial charge is 0.267 e. The minimum absolute atomic E-state index is 0.174. The number of nitrogens with one attached hydrogen (secondary N) is 1. The summed E-state index contributed by atoms with van der Waals surface area (Å²) in [7, 11) is 0. The Bertz CT molecular complexity index is 1230. The summed E-state index contributed by atoms with van der Waals surface area (Å²) >= 11 is 0. The summed E-state index contributed by atoms with van der Waals surface area (Å²) in [5.41, 5.74) is 3.27. The van der Waals surface area contributed by atoms with Gasteiger partial charge in [-0.05, 0) is 62.4 Å². The summed E-state index contributed by atoms with van der Waals surface area (Å²) in [6.45, 7) is 3.74. The number of hydrogen-bond donors (Lipinski definition) is 1. The first-order chi connectivity index (χ1) is 13.5. The monoisotopic (exact) mass is 370 g/mol. The summed E-state index contributed by atoms with van der Waals surface area (Å²) in [5.74, 6) is 0.368. The average molecular weight is 370 g/mol. The molecule has 6 nitrogen and oxygen atoms in total. The molecule has 0 aliphatic heterocycles. The number of aryl methyl sites for hydroxylation is 2. The maximum absolute atomic E-state index is 12.8. The van der Waals surface area contributed by atoms with Gasteiger partial charge in [-0.25, -0.2) is 9.97 Å². The number of carbonyl (C=O) groups excluding carboxylic acids is 1. The van der Waals surface area contributed by atoms with Crippen LogP contribution in [0, 0.1) is 13.8 Å². The lowest BCUT2D eigenvalue weighted by atomic mass is 10.1. The Balaban J connectivity index is 1.63. The number of fused-ring (bicyclic) bond motifs is 1. The maximum atomic E-state index is 12.8. The lowest BCUT2D eigenvalue weighted by Gasteiger charge is -2.11. The van der Waals surface area contributed by atoms with Crippen molar-refractivity contribution in [2.24, 2.45) is 0 Å². The summed E-state index contributed by atoms with van der Waals surface area (Å²) in [6.07, 6.45) is 1.62. The fraction of sp³-hybridized carbons (Fsp3) is 0.0909. The Morgan fingerprint density at radius 1 is 0.964 bits per heavy atom. The van der Waals surface area contributed by atoms with Crippen LogP contribution in [0.25, 0.3) is 16.7 Å². The molecule has 2 aromatic carbocycles. The molecule has 2 aromatic heterocycles. The molecular weight excluding hydrogens is 352 g/mol. The molecule has 28 heavy (non-hydrogen) atoms. The van der Waals surface area contributed by atoms with Gasteiger partial charge in [-0.15, -0.1) is 0 Å². The first-order valence-electron chi connectivity index (χ1n) is 8.86. The van der Waals surface area contributed by atoms with E-state index in [-0.39, 0.29) is 11.5 Å². The number of anilines is 1. The lowest BCUT2D eigenvalue weighted by Crippen LogP contribution is -2.22. The molecule has 138 valence electrons. The van der Waals surface area contributed by atoms with E-state index in [2.05, 4.69) is 15.3 Å². The van der Waals surface area contributed by atoms with Gasteiger partial charge in [0.25, 0.3) is 11.5 Å². The second-order valence-electron chi connectivity index (χ2n) is 6.54. The minimum atomic E-state index is -0.181. The largest absolute Gasteiger partial charge is 0.322 e. The first-order valence-corrected chi connectivity index (χ1v) is 8.86. The van der Waals surface area contributed by atoms with Gasteiger partial charge in [-0.1, -0.05) is 17.7 Å². The highest BCUT2D eigenvalue weighted by atomic mass is 16.1. The van der Waals surface area contributed by atoms with E-state index in [1.165, 1.54) is 4.57 Å². The molecule has 1 N–H and O–H groups in total. The summed E-state index contributed by atoms with van der Waals surface area (Å²) in [5, 5.41) is 3.33. The number of benzene rings is 2. The van der Waals surface area contributed by atoms with Crippen molar-refractivity contribution < 1.29 is 4.79 Å². The quantitative estimate of drug-likeness (QED) is 0.597. The summed E-state index contributed by atoms with van der Waals surface area (Å²) in [6, 6.07) is 17.9. The molecule has 0 atom stereocenters. The first kappa shape index (κ1) is 17.6. The van der Waals surface area contributed by atoms with Crippen LogP contribution in [0.15, 0.2) is 71.7 Å². The standard InChI is InChI=1S/C22H18N4O2/c1-14-5-7-16(8-6-14)21(27)25-17-9-11-18(12-10-17)26-15(2)24-20-19(22(26)28)4-3-13-23-20/h3-13H,1-2H3,(H,25,27). The van der Waals surface area contributed by atoms with Crippen molar-refractivity contribution >= 4 is 22.6 Å². The van der Waals surface area contributed by atoms with E-state index in [1.807, 2.05) is 19.1 Å². The number of nitrogens with zero attached hydrogens (tertiary/aromatic N) is 3. The van der Waals surface area contributed by atoms with Gasteiger partial charge in [0.1, 0.15) is 5.82 Å². The molecule has 0 saturated carbocycles. The molecule has 4 aromatic rings. The molecule has 0 bridgehead atoms. The normalized spacial score (nSPS) is 10.8. The summed E-state index contributed by atoms with van der Waals surface area (Å²) < 4.78 is 1.54. The van der Waals surface area contributed by atoms with Gasteiger partial charge >= 0.3 is 0 Å². The predicted molar refractivity (Wildman–Crippen MR) is 109 cm³/mol. The molecule has 0 radical (unpaired) electrons. The Morgan fingerprint density at radius 3 is 2.39 bits per heavy atom. The number of amides is 1. The number of carbonyl (C=O) groups is 1. The number of aromatic nitrogens is 3. The van der Waals surface area contributed by atoms with E-state index in [4.69, 9.17) is 0 Å². The van der Waals surface area contributed by atoms with E-state index in [9.17, 15) is 9.59 Å². The second kappa shape index (κ2) is 7.08. The van der Waals surface area contributed by atoms with Crippen molar-refractivity contribution in [1.29, 1.82) is 0 Å². The van der Waals surface area contributed by atoms with Gasteiger partial charge in [0.2, 0.25) is 0 Å². The minimum Gasteiger partial charge on any atom is -0.322 e. The SMILES string of the molecule is Cc1ccc(C(=O)Nc2ccc(-n3c(C)nc4ncccc4c3=O)cc2)cc1. The molecule has 6 heteroatoms. The van der Waals surface area contributed by atoms with E-state index < -0.39 is 0 Å². The Morgan fingerprint density at radius 2 is 1.68 bits per heavy atom. The molecular formula is C22H18N4O2. The number of rotatable bonds is 3. The molecule has 2 heterocycles. The van der Waals surface area contributed by atoms with Crippen LogP contribution < -0.4 is 10.9 Å². The zero-order chi connectivity index (χ0) is 19.7. The highest BCUT2D eigenvalue weighted by molar-refractivity contribution is 6.04. The fourth-order valence-electron chi connectivity index (χ4n) is 3.03. The third-order valence-corrected chi connectivity index (χ3v) is 4.51. The van der Waals surface area contributed by atoms with Crippen LogP contribution in [0.4, 0.5) is 5.69 Å². The van der Waals surface area contributed by atoms with Crippen LogP contribution in [0.1, 0.15) is 21.7 Å². The average Bonchev–Trinajstić information content (AvgIpc) is 2.70. The third kappa shape index (κ3) is 3.27. The van der Waals surface area contributed by atoms with Gasteiger partial charge in [0.15, 0.2) is 5.65 Å². The topological polar surface area (TPSA) is 76.9 Å². The number of hydrogen-bond acceptors (Lipinski definition) is 4. The van der Waals surface area contributed by atoms with Crippen molar-refractivity contribution in [3.8, 4) is 5.69 Å². The second-order valence-corrected chi connectivity index (χ2v) is 6.54. The molecule has 0 spiro atoms. The number of pyridine rings is 1. The Hall–Kier alpha value is -3.80. The van der Waals surface area contributed by atoms with E-state index in [0.717, 1.165) is 5.56 Å². The third-order valence-electron chi connectivity index (χ3n) is 4.51. The molecule has 0 aliphatic carbocycles. The van der Waals surface area contributed by atoms with E-state index in [1.54, 1.807) is 61.7 Å². The van der Waals surface area contributed by atoms with E-state index in [0.29, 0.717) is 33.8 Å². The van der Waals surface area contributed by atoms with Crippen molar-refractivity contribution in [1.82, 2.24) is 14.5 Å². The van der Waals surface area contributed by atoms with Gasteiger partial charge in [0, 0.05) is 17.4 Å². The molecule has 0 unspecified atom stereocenters. The van der Waals surface area contributed by atoms with Gasteiger partial charge in [-0.3, -0.25) is 14.2 Å². The van der Waals surface area contributed by atoms with Gasteiger partial charge in [-0.2, -0.15) is 0 Å². The maximum Gasteiger partial charge on any atom is 0.267 e. The Labute approximate surface area is 161 Å². The van der Waals surface area contributed by atoms with Crippen LogP contribution in [-0.4, -0.2) is 20.4 Å². The molecule has 0 fully saturated rings. The van der Waals surface area contributed by atoms with Crippen molar-refractivity contribution in [3.05, 3.63) is 94.2 Å². The van der Waals surface area contributed by atoms with Crippen molar-refractivity contribution in [2.75, 3.05) is 5.32 Å². The van der Waals surface area contributed by atoms with Crippen LogP contribution in [0.5, 0.6) is 0 Å². The lowest BCUT2D eigenvalue weighted by molar-refractivity contribution is 0.102. The highest BCUT2D eigenvalue weighted by Crippen LogP contribution is 2.16. The molecule has 0 saturated heterocycles. The van der Waals surface area contributed by atoms with Crippen molar-refractivity contribution in [2.45, 2.75) is 13.8 Å². The summed E-state index contributed by atoms with van der Waals surface area (Å²) in [4.78, 5) is 33.7. The highest BCUT2D eigenvalue weighted by Gasteiger charge is 2.11. The molecule has 4 rings (SSSR count). The molecule has 0 aliphatic rings.